The van der Waals surface area contributed by atoms with Crippen molar-refractivity contribution in [2.24, 2.45) is 0 Å². The third kappa shape index (κ3) is 4.06. The third-order valence-corrected chi connectivity index (χ3v) is 4.45. The Bertz CT molecular complexity index is 1160. The summed E-state index contributed by atoms with van der Waals surface area (Å²) in [7, 11) is 1.60. The summed E-state index contributed by atoms with van der Waals surface area (Å²) in [5.41, 5.74) is 1.35. The lowest BCUT2D eigenvalue weighted by Gasteiger charge is -2.08. The van der Waals surface area contributed by atoms with Gasteiger partial charge in [0.05, 0.1) is 19.2 Å². The van der Waals surface area contributed by atoms with Gasteiger partial charge in [0.1, 0.15) is 12.4 Å². The van der Waals surface area contributed by atoms with Crippen LogP contribution in [0.15, 0.2) is 57.6 Å². The lowest BCUT2D eigenvalue weighted by atomic mass is 10.2. The van der Waals surface area contributed by atoms with Crippen molar-refractivity contribution in [1.29, 1.82) is 0 Å². The molecule has 0 spiro atoms. The number of fused-ring (bicyclic) bond motifs is 1. The van der Waals surface area contributed by atoms with Gasteiger partial charge in [-0.25, -0.2) is 0 Å². The number of nitrogens with zero attached hydrogens (tertiary/aromatic N) is 4. The van der Waals surface area contributed by atoms with Crippen LogP contribution >= 0.6 is 15.9 Å². The zero-order chi connectivity index (χ0) is 20.2. The van der Waals surface area contributed by atoms with Crippen molar-refractivity contribution in [2.75, 3.05) is 20.3 Å². The molecule has 0 bridgehead atoms. The van der Waals surface area contributed by atoms with Gasteiger partial charge in [0, 0.05) is 6.07 Å². The van der Waals surface area contributed by atoms with Crippen LogP contribution in [-0.4, -0.2) is 46.0 Å². The van der Waals surface area contributed by atoms with Crippen molar-refractivity contribution < 1.29 is 18.7 Å². The summed E-state index contributed by atoms with van der Waals surface area (Å²) in [6.07, 6.45) is 0. The summed E-state index contributed by atoms with van der Waals surface area (Å²) in [6.45, 7) is 0.524. The van der Waals surface area contributed by atoms with Gasteiger partial charge in [0.15, 0.2) is 21.9 Å². The first kappa shape index (κ1) is 18.9. The molecule has 1 N–H and O–H groups in total. The molecule has 0 aliphatic heterocycles. The topological polar surface area (TPSA) is 104 Å². The number of benzene rings is 1. The number of ether oxygens (including phenoxy) is 2. The van der Waals surface area contributed by atoms with E-state index in [1.54, 1.807) is 35.9 Å². The molecule has 0 saturated carbocycles. The van der Waals surface area contributed by atoms with Gasteiger partial charge in [0.25, 0.3) is 5.91 Å². The minimum atomic E-state index is -0.319. The molecule has 0 aliphatic carbocycles. The van der Waals surface area contributed by atoms with Crippen LogP contribution in [-0.2, 0) is 0 Å². The van der Waals surface area contributed by atoms with Gasteiger partial charge in [-0.15, -0.1) is 15.3 Å². The maximum atomic E-state index is 11.9. The fourth-order valence-electron chi connectivity index (χ4n) is 2.69. The Morgan fingerprint density at radius 3 is 2.83 bits per heavy atom. The molecule has 0 atom stereocenters. The first-order chi connectivity index (χ1) is 14.2. The Labute approximate surface area is 173 Å². The number of halogens is 1. The lowest BCUT2D eigenvalue weighted by molar-refractivity contribution is 0.0917. The summed E-state index contributed by atoms with van der Waals surface area (Å²) in [5, 5.41) is 15.5. The standard InChI is InChI=1S/C19H16BrN5O4/c1-27-13-5-3-2-4-12(13)18-23-22-16-8-9-17(24-25(16)18)28-11-10-21-19(26)14-6-7-15(20)29-14/h2-9H,10-11H2,1H3,(H,21,26). The van der Waals surface area contributed by atoms with E-state index in [4.69, 9.17) is 13.9 Å². The number of nitrogens with one attached hydrogen (secondary N) is 1. The molecule has 4 aromatic rings. The highest BCUT2D eigenvalue weighted by atomic mass is 79.9. The molecule has 3 aromatic heterocycles. The highest BCUT2D eigenvalue weighted by molar-refractivity contribution is 9.10. The number of rotatable bonds is 7. The first-order valence-corrected chi connectivity index (χ1v) is 9.47. The van der Waals surface area contributed by atoms with Gasteiger partial charge in [-0.1, -0.05) is 12.1 Å². The predicted octanol–water partition coefficient (Wildman–Crippen LogP) is 2.96. The van der Waals surface area contributed by atoms with E-state index in [0.29, 0.717) is 34.3 Å². The van der Waals surface area contributed by atoms with Crippen LogP contribution in [0.1, 0.15) is 10.6 Å². The van der Waals surface area contributed by atoms with Crippen LogP contribution in [0.5, 0.6) is 11.6 Å². The Morgan fingerprint density at radius 2 is 2.03 bits per heavy atom. The number of para-hydroxylation sites is 1. The van der Waals surface area contributed by atoms with E-state index in [-0.39, 0.29) is 18.3 Å². The molecule has 1 aromatic carbocycles. The van der Waals surface area contributed by atoms with E-state index < -0.39 is 0 Å². The van der Waals surface area contributed by atoms with E-state index in [1.165, 1.54) is 0 Å². The van der Waals surface area contributed by atoms with E-state index in [9.17, 15) is 4.79 Å². The predicted molar refractivity (Wildman–Crippen MR) is 107 cm³/mol. The molecule has 9 nitrogen and oxygen atoms in total. The fraction of sp³-hybridized carbons (Fsp3) is 0.158. The molecule has 0 saturated heterocycles. The van der Waals surface area contributed by atoms with Crippen LogP contribution in [0, 0.1) is 0 Å². The maximum absolute atomic E-state index is 11.9. The second-order valence-corrected chi connectivity index (χ2v) is 6.66. The molecule has 0 fully saturated rings. The molecule has 0 radical (unpaired) electrons. The molecular formula is C19H16BrN5O4. The van der Waals surface area contributed by atoms with Crippen molar-refractivity contribution in [2.45, 2.75) is 0 Å². The Balaban J connectivity index is 1.44. The minimum Gasteiger partial charge on any atom is -0.496 e. The first-order valence-electron chi connectivity index (χ1n) is 8.68. The van der Waals surface area contributed by atoms with E-state index >= 15 is 0 Å². The molecular weight excluding hydrogens is 442 g/mol. The smallest absolute Gasteiger partial charge is 0.287 e. The number of methoxy groups -OCH3 is 1. The molecule has 29 heavy (non-hydrogen) atoms. The number of hydrogen-bond acceptors (Lipinski definition) is 7. The zero-order valence-electron chi connectivity index (χ0n) is 15.3. The number of furan rings is 1. The summed E-state index contributed by atoms with van der Waals surface area (Å²) < 4.78 is 18.3. The Hall–Kier alpha value is -3.40. The molecule has 10 heteroatoms. The largest absolute Gasteiger partial charge is 0.496 e. The quantitative estimate of drug-likeness (QED) is 0.425. The summed E-state index contributed by atoms with van der Waals surface area (Å²) >= 11 is 3.16. The van der Waals surface area contributed by atoms with Crippen LogP contribution < -0.4 is 14.8 Å². The van der Waals surface area contributed by atoms with Crippen molar-refractivity contribution in [3.05, 3.63) is 59.0 Å². The highest BCUT2D eigenvalue weighted by Crippen LogP contribution is 2.28. The Kier molecular flexibility index (Phi) is 5.43. The molecule has 3 heterocycles. The van der Waals surface area contributed by atoms with Gasteiger partial charge in [-0.05, 0) is 46.3 Å². The second kappa shape index (κ2) is 8.31. The SMILES string of the molecule is COc1ccccc1-c1nnc2ccc(OCCNC(=O)c3ccc(Br)o3)nn12. The summed E-state index contributed by atoms with van der Waals surface area (Å²) in [4.78, 5) is 11.9. The lowest BCUT2D eigenvalue weighted by Crippen LogP contribution is -2.27. The van der Waals surface area contributed by atoms with Gasteiger partial charge in [-0.2, -0.15) is 4.52 Å². The van der Waals surface area contributed by atoms with Crippen molar-refractivity contribution in [3.8, 4) is 23.0 Å². The van der Waals surface area contributed by atoms with Crippen molar-refractivity contribution in [1.82, 2.24) is 25.1 Å². The van der Waals surface area contributed by atoms with E-state index in [1.807, 2.05) is 24.3 Å². The second-order valence-electron chi connectivity index (χ2n) is 5.87. The molecule has 148 valence electrons. The normalized spacial score (nSPS) is 10.8. The Morgan fingerprint density at radius 1 is 1.17 bits per heavy atom. The van der Waals surface area contributed by atoms with Gasteiger partial charge < -0.3 is 19.2 Å². The molecule has 1 amide bonds. The third-order valence-electron chi connectivity index (χ3n) is 4.02. The van der Waals surface area contributed by atoms with Crippen LogP contribution in [0.2, 0.25) is 0 Å². The van der Waals surface area contributed by atoms with Crippen LogP contribution in [0.4, 0.5) is 0 Å². The fourth-order valence-corrected chi connectivity index (χ4v) is 3.00. The minimum absolute atomic E-state index is 0.224. The van der Waals surface area contributed by atoms with E-state index in [2.05, 4.69) is 36.5 Å². The monoisotopic (exact) mass is 457 g/mol. The molecule has 4 rings (SSSR count). The van der Waals surface area contributed by atoms with Gasteiger partial charge in [-0.3, -0.25) is 4.79 Å². The highest BCUT2D eigenvalue weighted by Gasteiger charge is 2.14. The van der Waals surface area contributed by atoms with Crippen molar-refractivity contribution in [3.63, 3.8) is 0 Å². The average molecular weight is 458 g/mol. The van der Waals surface area contributed by atoms with E-state index in [0.717, 1.165) is 5.56 Å². The summed E-state index contributed by atoms with van der Waals surface area (Å²) in [5.74, 6) is 1.49. The number of aromatic nitrogens is 4. The maximum Gasteiger partial charge on any atom is 0.287 e. The molecule has 0 aliphatic rings. The van der Waals surface area contributed by atoms with Gasteiger partial charge in [0.2, 0.25) is 5.88 Å². The van der Waals surface area contributed by atoms with Crippen LogP contribution in [0.3, 0.4) is 0 Å². The van der Waals surface area contributed by atoms with Gasteiger partial charge >= 0.3 is 0 Å². The van der Waals surface area contributed by atoms with Crippen LogP contribution in [0.25, 0.3) is 17.0 Å². The average Bonchev–Trinajstić information content (AvgIpc) is 3.37. The number of hydrogen-bond donors (Lipinski definition) is 1. The molecule has 0 unspecified atom stereocenters. The number of carbonyl (C=O) groups is 1. The zero-order valence-corrected chi connectivity index (χ0v) is 16.9. The summed E-state index contributed by atoms with van der Waals surface area (Å²) in [6, 6.07) is 14.2. The number of carbonyl (C=O) groups excluding carboxylic acids is 1. The number of amides is 1. The van der Waals surface area contributed by atoms with Crippen molar-refractivity contribution >= 4 is 27.5 Å².